The van der Waals surface area contributed by atoms with Gasteiger partial charge in [0.2, 0.25) is 0 Å². The van der Waals surface area contributed by atoms with Crippen LogP contribution in [0.25, 0.3) is 0 Å². The van der Waals surface area contributed by atoms with E-state index in [1.54, 1.807) is 0 Å². The van der Waals surface area contributed by atoms with Gasteiger partial charge in [0.05, 0.1) is 4.92 Å². The zero-order valence-electron chi connectivity index (χ0n) is 10.5. The highest BCUT2D eigenvalue weighted by molar-refractivity contribution is 5.92. The van der Waals surface area contributed by atoms with Gasteiger partial charge in [-0.3, -0.25) is 10.1 Å². The minimum Gasteiger partial charge on any atom is -0.480 e. The predicted octanol–water partition coefficient (Wildman–Crippen LogP) is 1.68. The average Bonchev–Trinajstić information content (AvgIpc) is 2.88. The molecular formula is C12H13N3O5. The van der Waals surface area contributed by atoms with Crippen molar-refractivity contribution in [3.8, 4) is 0 Å². The number of amides is 2. The normalized spacial score (nSPS) is 17.8. The Bertz CT molecular complexity index is 560. The van der Waals surface area contributed by atoms with Gasteiger partial charge in [-0.15, -0.1) is 0 Å². The van der Waals surface area contributed by atoms with Gasteiger partial charge in [0.15, 0.2) is 0 Å². The molecule has 2 amide bonds. The average molecular weight is 279 g/mol. The third-order valence-electron chi connectivity index (χ3n) is 3.11. The second-order valence-electron chi connectivity index (χ2n) is 4.43. The predicted molar refractivity (Wildman–Crippen MR) is 69.5 cm³/mol. The SMILES string of the molecule is O=C(O)C1CCCN1C(=O)Nc1cccc([N+](=O)[O-])c1. The minimum absolute atomic E-state index is 0.140. The molecular weight excluding hydrogens is 266 g/mol. The highest BCUT2D eigenvalue weighted by Gasteiger charge is 2.34. The molecule has 0 aromatic heterocycles. The fourth-order valence-corrected chi connectivity index (χ4v) is 2.16. The molecule has 1 aromatic carbocycles. The number of anilines is 1. The zero-order valence-corrected chi connectivity index (χ0v) is 10.5. The highest BCUT2D eigenvalue weighted by Crippen LogP contribution is 2.21. The molecule has 0 radical (unpaired) electrons. The van der Waals surface area contributed by atoms with Crippen molar-refractivity contribution in [2.75, 3.05) is 11.9 Å². The van der Waals surface area contributed by atoms with Crippen molar-refractivity contribution in [3.05, 3.63) is 34.4 Å². The minimum atomic E-state index is -1.04. The molecule has 1 heterocycles. The van der Waals surface area contributed by atoms with E-state index in [2.05, 4.69) is 5.32 Å². The molecule has 1 unspecified atom stereocenters. The summed E-state index contributed by atoms with van der Waals surface area (Å²) in [5.41, 5.74) is 0.124. The van der Waals surface area contributed by atoms with E-state index >= 15 is 0 Å². The third-order valence-corrected chi connectivity index (χ3v) is 3.11. The molecule has 0 aliphatic carbocycles. The molecule has 1 aliphatic rings. The van der Waals surface area contributed by atoms with E-state index < -0.39 is 23.0 Å². The van der Waals surface area contributed by atoms with E-state index in [-0.39, 0.29) is 11.4 Å². The highest BCUT2D eigenvalue weighted by atomic mass is 16.6. The van der Waals surface area contributed by atoms with Crippen LogP contribution in [-0.4, -0.2) is 39.5 Å². The lowest BCUT2D eigenvalue weighted by atomic mass is 10.2. The first-order valence-corrected chi connectivity index (χ1v) is 6.04. The molecule has 1 saturated heterocycles. The summed E-state index contributed by atoms with van der Waals surface area (Å²) in [5.74, 6) is -1.04. The van der Waals surface area contributed by atoms with Crippen molar-refractivity contribution in [2.24, 2.45) is 0 Å². The molecule has 8 heteroatoms. The number of carboxylic acids is 1. The quantitative estimate of drug-likeness (QED) is 0.645. The molecule has 1 aromatic rings. The van der Waals surface area contributed by atoms with Crippen molar-refractivity contribution in [1.82, 2.24) is 4.90 Å². The number of carboxylic acid groups (broad SMARTS) is 1. The summed E-state index contributed by atoms with van der Waals surface area (Å²) in [4.78, 5) is 34.3. The lowest BCUT2D eigenvalue weighted by molar-refractivity contribution is -0.384. The first-order valence-electron chi connectivity index (χ1n) is 6.04. The van der Waals surface area contributed by atoms with Crippen LogP contribution in [0.1, 0.15) is 12.8 Å². The van der Waals surface area contributed by atoms with Crippen molar-refractivity contribution in [1.29, 1.82) is 0 Å². The second kappa shape index (κ2) is 5.55. The number of nitrogens with zero attached hydrogens (tertiary/aromatic N) is 2. The number of hydrogen-bond donors (Lipinski definition) is 2. The van der Waals surface area contributed by atoms with Crippen LogP contribution in [0.15, 0.2) is 24.3 Å². The third kappa shape index (κ3) is 2.85. The number of nitro groups is 1. The van der Waals surface area contributed by atoms with Crippen LogP contribution in [0, 0.1) is 10.1 Å². The molecule has 0 bridgehead atoms. The number of nitro benzene ring substituents is 1. The Morgan fingerprint density at radius 1 is 1.45 bits per heavy atom. The fourth-order valence-electron chi connectivity index (χ4n) is 2.16. The van der Waals surface area contributed by atoms with E-state index in [9.17, 15) is 19.7 Å². The van der Waals surface area contributed by atoms with Gasteiger partial charge in [-0.1, -0.05) is 6.07 Å². The fraction of sp³-hybridized carbons (Fsp3) is 0.333. The van der Waals surface area contributed by atoms with Crippen LogP contribution in [0.3, 0.4) is 0 Å². The largest absolute Gasteiger partial charge is 0.480 e. The van der Waals surface area contributed by atoms with Gasteiger partial charge in [-0.25, -0.2) is 9.59 Å². The number of carbonyl (C=O) groups is 2. The molecule has 0 spiro atoms. The summed E-state index contributed by atoms with van der Waals surface area (Å²) in [5, 5.41) is 22.1. The van der Waals surface area contributed by atoms with Gasteiger partial charge < -0.3 is 15.3 Å². The Labute approximate surface area is 114 Å². The summed E-state index contributed by atoms with van der Waals surface area (Å²) < 4.78 is 0. The molecule has 2 N–H and O–H groups in total. The summed E-state index contributed by atoms with van der Waals surface area (Å²) >= 11 is 0. The van der Waals surface area contributed by atoms with Crippen LogP contribution in [0.2, 0.25) is 0 Å². The summed E-state index contributed by atoms with van der Waals surface area (Å²) in [6.07, 6.45) is 1.04. The van der Waals surface area contributed by atoms with Crippen molar-refractivity contribution >= 4 is 23.4 Å². The maximum atomic E-state index is 12.0. The van der Waals surface area contributed by atoms with E-state index in [1.165, 1.54) is 29.2 Å². The van der Waals surface area contributed by atoms with Crippen LogP contribution >= 0.6 is 0 Å². The van der Waals surface area contributed by atoms with Gasteiger partial charge in [-0.05, 0) is 18.9 Å². The first-order chi connectivity index (χ1) is 9.49. The zero-order chi connectivity index (χ0) is 14.7. The maximum Gasteiger partial charge on any atom is 0.326 e. The topological polar surface area (TPSA) is 113 Å². The van der Waals surface area contributed by atoms with Crippen molar-refractivity contribution in [2.45, 2.75) is 18.9 Å². The smallest absolute Gasteiger partial charge is 0.326 e. The molecule has 8 nitrogen and oxygen atoms in total. The van der Waals surface area contributed by atoms with E-state index in [0.717, 1.165) is 0 Å². The van der Waals surface area contributed by atoms with Crippen molar-refractivity contribution in [3.63, 3.8) is 0 Å². The summed E-state index contributed by atoms with van der Waals surface area (Å²) in [6.45, 7) is 0.359. The van der Waals surface area contributed by atoms with Gasteiger partial charge in [-0.2, -0.15) is 0 Å². The van der Waals surface area contributed by atoms with Crippen LogP contribution in [0.5, 0.6) is 0 Å². The first kappa shape index (κ1) is 13.8. The summed E-state index contributed by atoms with van der Waals surface area (Å²) in [7, 11) is 0. The van der Waals surface area contributed by atoms with Crippen molar-refractivity contribution < 1.29 is 19.6 Å². The Kier molecular flexibility index (Phi) is 3.83. The number of benzene rings is 1. The second-order valence-corrected chi connectivity index (χ2v) is 4.43. The van der Waals surface area contributed by atoms with Gasteiger partial charge >= 0.3 is 12.0 Å². The van der Waals surface area contributed by atoms with Crippen LogP contribution in [0.4, 0.5) is 16.2 Å². The standard InChI is InChI=1S/C12H13N3O5/c16-11(17)10-5-2-6-14(10)12(18)13-8-3-1-4-9(7-8)15(19)20/h1,3-4,7,10H,2,5-6H2,(H,13,18)(H,16,17). The number of non-ortho nitro benzene ring substituents is 1. The number of hydrogen-bond acceptors (Lipinski definition) is 4. The number of carbonyl (C=O) groups excluding carboxylic acids is 1. The molecule has 1 aliphatic heterocycles. The molecule has 2 rings (SSSR count). The lowest BCUT2D eigenvalue weighted by Crippen LogP contribution is -2.42. The van der Waals surface area contributed by atoms with E-state index in [1.807, 2.05) is 0 Å². The number of rotatable bonds is 3. The van der Waals surface area contributed by atoms with Crippen LogP contribution in [-0.2, 0) is 4.79 Å². The Morgan fingerprint density at radius 3 is 2.85 bits per heavy atom. The lowest BCUT2D eigenvalue weighted by Gasteiger charge is -2.21. The molecule has 20 heavy (non-hydrogen) atoms. The van der Waals surface area contributed by atoms with Gasteiger partial charge in [0.25, 0.3) is 5.69 Å². The molecule has 1 fully saturated rings. The monoisotopic (exact) mass is 279 g/mol. The number of likely N-dealkylation sites (tertiary alicyclic amines) is 1. The Balaban J connectivity index is 2.09. The molecule has 1 atom stereocenters. The number of aliphatic carboxylic acids is 1. The van der Waals surface area contributed by atoms with E-state index in [0.29, 0.717) is 19.4 Å². The molecule has 0 saturated carbocycles. The number of nitrogens with one attached hydrogen (secondary N) is 1. The van der Waals surface area contributed by atoms with Crippen LogP contribution < -0.4 is 5.32 Å². The van der Waals surface area contributed by atoms with Gasteiger partial charge in [0.1, 0.15) is 6.04 Å². The Hall–Kier alpha value is -2.64. The summed E-state index contributed by atoms with van der Waals surface area (Å²) in [6, 6.07) is 4.10. The van der Waals surface area contributed by atoms with E-state index in [4.69, 9.17) is 5.11 Å². The Morgan fingerprint density at radius 2 is 2.20 bits per heavy atom. The number of urea groups is 1. The maximum absolute atomic E-state index is 12.0. The van der Waals surface area contributed by atoms with Gasteiger partial charge in [0, 0.05) is 24.4 Å². The molecule has 106 valence electrons.